The van der Waals surface area contributed by atoms with Crippen LogP contribution in [0.5, 0.6) is 0 Å². The highest BCUT2D eigenvalue weighted by Gasteiger charge is 2.32. The minimum atomic E-state index is -0.782. The number of hydrogen-bond donors (Lipinski definition) is 2. The molecule has 1 aromatic heterocycles. The van der Waals surface area contributed by atoms with Crippen LogP contribution in [-0.4, -0.2) is 41.0 Å². The van der Waals surface area contributed by atoms with Crippen LogP contribution in [-0.2, 0) is 4.79 Å². The molecule has 0 radical (unpaired) electrons. The van der Waals surface area contributed by atoms with Crippen molar-refractivity contribution in [2.45, 2.75) is 23.8 Å². The second-order valence-corrected chi connectivity index (χ2v) is 8.63. The van der Waals surface area contributed by atoms with E-state index in [2.05, 4.69) is 20.8 Å². The number of carbonyl (C=O) groups excluding carboxylic acids is 2. The molecule has 1 saturated heterocycles. The fourth-order valence-corrected chi connectivity index (χ4v) is 4.44. The third-order valence-electron chi connectivity index (χ3n) is 5.27. The maximum Gasteiger partial charge on any atom is 0.321 e. The van der Waals surface area contributed by atoms with Crippen LogP contribution in [0.4, 0.5) is 20.7 Å². The molecule has 3 aromatic rings. The third kappa shape index (κ3) is 5.26. The first-order valence-corrected chi connectivity index (χ1v) is 11.9. The van der Waals surface area contributed by atoms with Crippen LogP contribution in [0.1, 0.15) is 12.8 Å². The summed E-state index contributed by atoms with van der Waals surface area (Å²) in [6, 6.07) is 14.2. The molecular formula is C23H21ClFN5O2S. The van der Waals surface area contributed by atoms with Gasteiger partial charge in [-0.3, -0.25) is 10.1 Å². The summed E-state index contributed by atoms with van der Waals surface area (Å²) in [6.07, 6.45) is 3.04. The standard InChI is InChI=1S/C23H21ClFN5O2S/c1-33-19-7-3-2-5-15(19)14-8-9-18(16(25)13-14)30-12-4-6-17(22(30)31)26-23(32)27-21-11-10-20(24)28-29-21/h2-3,5,7-11,13,17H,4,6,12H2,1H3,(H2,26,27,29,32). The topological polar surface area (TPSA) is 87.2 Å². The Labute approximate surface area is 199 Å². The van der Waals surface area contributed by atoms with E-state index in [4.69, 9.17) is 11.6 Å². The zero-order valence-electron chi connectivity index (χ0n) is 17.7. The highest BCUT2D eigenvalue weighted by molar-refractivity contribution is 7.98. The number of amides is 3. The number of hydrogen-bond acceptors (Lipinski definition) is 5. The number of piperidine rings is 1. The Morgan fingerprint density at radius 1 is 1.18 bits per heavy atom. The molecule has 1 fully saturated rings. The number of nitrogens with zero attached hydrogens (tertiary/aromatic N) is 3. The second-order valence-electron chi connectivity index (χ2n) is 7.39. The second kappa shape index (κ2) is 10.2. The smallest absolute Gasteiger partial charge is 0.321 e. The van der Waals surface area contributed by atoms with Gasteiger partial charge >= 0.3 is 6.03 Å². The van der Waals surface area contributed by atoms with E-state index in [0.29, 0.717) is 19.4 Å². The number of halogens is 2. The van der Waals surface area contributed by atoms with Gasteiger partial charge in [-0.15, -0.1) is 22.0 Å². The lowest BCUT2D eigenvalue weighted by Crippen LogP contribution is -2.53. The first-order valence-electron chi connectivity index (χ1n) is 10.3. The Balaban J connectivity index is 1.48. The Kier molecular flexibility index (Phi) is 7.10. The molecule has 1 atom stereocenters. The molecule has 0 spiro atoms. The monoisotopic (exact) mass is 485 g/mol. The van der Waals surface area contributed by atoms with Crippen LogP contribution < -0.4 is 15.5 Å². The van der Waals surface area contributed by atoms with E-state index in [9.17, 15) is 9.59 Å². The maximum absolute atomic E-state index is 15.1. The molecule has 1 aliphatic rings. The number of rotatable bonds is 5. The summed E-state index contributed by atoms with van der Waals surface area (Å²) in [7, 11) is 0. The summed E-state index contributed by atoms with van der Waals surface area (Å²) in [6.45, 7) is 0.374. The molecule has 10 heteroatoms. The number of urea groups is 1. The van der Waals surface area contributed by atoms with Gasteiger partial charge in [0.1, 0.15) is 11.9 Å². The number of carbonyl (C=O) groups is 2. The van der Waals surface area contributed by atoms with Crippen molar-refractivity contribution in [2.24, 2.45) is 0 Å². The summed E-state index contributed by atoms with van der Waals surface area (Å²) in [5, 5.41) is 12.7. The Morgan fingerprint density at radius 2 is 2.00 bits per heavy atom. The van der Waals surface area contributed by atoms with Crippen LogP contribution in [0.25, 0.3) is 11.1 Å². The molecular weight excluding hydrogens is 465 g/mol. The number of anilines is 2. The quantitative estimate of drug-likeness (QED) is 0.498. The molecule has 2 aromatic carbocycles. The van der Waals surface area contributed by atoms with E-state index in [-0.39, 0.29) is 22.6 Å². The van der Waals surface area contributed by atoms with Crippen molar-refractivity contribution in [2.75, 3.05) is 23.0 Å². The predicted octanol–water partition coefficient (Wildman–Crippen LogP) is 4.98. The van der Waals surface area contributed by atoms with E-state index in [1.165, 1.54) is 23.1 Å². The Morgan fingerprint density at radius 3 is 2.73 bits per heavy atom. The van der Waals surface area contributed by atoms with Gasteiger partial charge in [-0.1, -0.05) is 35.9 Å². The van der Waals surface area contributed by atoms with Gasteiger partial charge < -0.3 is 10.2 Å². The van der Waals surface area contributed by atoms with Crippen molar-refractivity contribution in [3.63, 3.8) is 0 Å². The van der Waals surface area contributed by atoms with Crippen molar-refractivity contribution in [1.82, 2.24) is 15.5 Å². The van der Waals surface area contributed by atoms with E-state index in [0.717, 1.165) is 16.0 Å². The van der Waals surface area contributed by atoms with E-state index >= 15 is 4.39 Å². The molecule has 0 bridgehead atoms. The lowest BCUT2D eigenvalue weighted by molar-refractivity contribution is -0.121. The number of benzene rings is 2. The summed E-state index contributed by atoms with van der Waals surface area (Å²) in [5.74, 6) is -0.655. The number of thioether (sulfide) groups is 1. The molecule has 1 aliphatic heterocycles. The third-order valence-corrected chi connectivity index (χ3v) is 6.27. The van der Waals surface area contributed by atoms with Gasteiger partial charge in [0.05, 0.1) is 5.69 Å². The van der Waals surface area contributed by atoms with Crippen molar-refractivity contribution in [1.29, 1.82) is 0 Å². The van der Waals surface area contributed by atoms with Gasteiger partial charge in [0.25, 0.3) is 0 Å². The summed E-state index contributed by atoms with van der Waals surface area (Å²) in [5.41, 5.74) is 1.87. The largest absolute Gasteiger partial charge is 0.326 e. The van der Waals surface area contributed by atoms with Crippen LogP contribution in [0.15, 0.2) is 59.5 Å². The normalized spacial score (nSPS) is 15.9. The molecule has 0 saturated carbocycles. The highest BCUT2D eigenvalue weighted by Crippen LogP contribution is 2.33. The molecule has 33 heavy (non-hydrogen) atoms. The minimum Gasteiger partial charge on any atom is -0.326 e. The van der Waals surface area contributed by atoms with Gasteiger partial charge in [-0.05, 0) is 60.6 Å². The Hall–Kier alpha value is -3.17. The molecule has 0 aliphatic carbocycles. The zero-order valence-corrected chi connectivity index (χ0v) is 19.3. The fourth-order valence-electron chi connectivity index (χ4n) is 3.72. The van der Waals surface area contributed by atoms with Crippen LogP contribution >= 0.6 is 23.4 Å². The van der Waals surface area contributed by atoms with Crippen LogP contribution in [0.2, 0.25) is 5.15 Å². The van der Waals surface area contributed by atoms with Gasteiger partial charge in [0, 0.05) is 11.4 Å². The summed E-state index contributed by atoms with van der Waals surface area (Å²) >= 11 is 7.27. The predicted molar refractivity (Wildman–Crippen MR) is 128 cm³/mol. The van der Waals surface area contributed by atoms with E-state index in [1.54, 1.807) is 17.8 Å². The van der Waals surface area contributed by atoms with Gasteiger partial charge in [-0.2, -0.15) is 0 Å². The van der Waals surface area contributed by atoms with Crippen LogP contribution in [0, 0.1) is 5.82 Å². The molecule has 3 amide bonds. The maximum atomic E-state index is 15.1. The minimum absolute atomic E-state index is 0.195. The van der Waals surface area contributed by atoms with Crippen molar-refractivity contribution < 1.29 is 14.0 Å². The molecule has 2 N–H and O–H groups in total. The van der Waals surface area contributed by atoms with E-state index < -0.39 is 17.9 Å². The Bertz CT molecular complexity index is 1180. The van der Waals surface area contributed by atoms with Crippen molar-refractivity contribution in [3.8, 4) is 11.1 Å². The van der Waals surface area contributed by atoms with Gasteiger partial charge in [0.2, 0.25) is 5.91 Å². The van der Waals surface area contributed by atoms with Gasteiger partial charge in [-0.25, -0.2) is 9.18 Å². The molecule has 2 heterocycles. The SMILES string of the molecule is CSc1ccccc1-c1ccc(N2CCCC(NC(=O)Nc3ccc(Cl)nn3)C2=O)c(F)c1. The van der Waals surface area contributed by atoms with Gasteiger partial charge in [0.15, 0.2) is 11.0 Å². The first-order chi connectivity index (χ1) is 16.0. The lowest BCUT2D eigenvalue weighted by atomic mass is 10.0. The molecule has 4 rings (SSSR count). The average Bonchev–Trinajstić information content (AvgIpc) is 2.82. The molecule has 170 valence electrons. The number of nitrogens with one attached hydrogen (secondary N) is 2. The summed E-state index contributed by atoms with van der Waals surface area (Å²) < 4.78 is 15.1. The van der Waals surface area contributed by atoms with Crippen molar-refractivity contribution >= 4 is 46.8 Å². The fraction of sp³-hybridized carbons (Fsp3) is 0.217. The van der Waals surface area contributed by atoms with E-state index in [1.807, 2.05) is 36.6 Å². The first kappa shape index (κ1) is 23.0. The lowest BCUT2D eigenvalue weighted by Gasteiger charge is -2.33. The molecule has 1 unspecified atom stereocenters. The molecule has 7 nitrogen and oxygen atoms in total. The average molecular weight is 486 g/mol. The summed E-state index contributed by atoms with van der Waals surface area (Å²) in [4.78, 5) is 27.8. The zero-order chi connectivity index (χ0) is 23.4. The van der Waals surface area contributed by atoms with Crippen LogP contribution in [0.3, 0.4) is 0 Å². The van der Waals surface area contributed by atoms with Crippen molar-refractivity contribution in [3.05, 3.63) is 65.6 Å². The highest BCUT2D eigenvalue weighted by atomic mass is 35.5. The number of aromatic nitrogens is 2.